The summed E-state index contributed by atoms with van der Waals surface area (Å²) in [7, 11) is 0. The predicted molar refractivity (Wildman–Crippen MR) is 99.2 cm³/mol. The Morgan fingerprint density at radius 1 is 1.12 bits per heavy atom. The van der Waals surface area contributed by atoms with Crippen LogP contribution >= 0.6 is 11.6 Å². The van der Waals surface area contributed by atoms with Crippen LogP contribution in [-0.2, 0) is 0 Å². The van der Waals surface area contributed by atoms with Crippen molar-refractivity contribution in [3.8, 4) is 17.1 Å². The molecule has 0 saturated heterocycles. The smallest absolute Gasteiger partial charge is 0.165 e. The van der Waals surface area contributed by atoms with Gasteiger partial charge in [-0.1, -0.05) is 25.4 Å². The summed E-state index contributed by atoms with van der Waals surface area (Å²) in [5.41, 5.74) is 5.06. The van der Waals surface area contributed by atoms with Crippen LogP contribution in [0.3, 0.4) is 0 Å². The van der Waals surface area contributed by atoms with Crippen LogP contribution in [0.25, 0.3) is 28.1 Å². The Morgan fingerprint density at radius 2 is 1.92 bits per heavy atom. The Kier molecular flexibility index (Phi) is 3.62. The standard InChI is InChI=1S/C19H17ClN4O/c1-10(2)12-6-16-19(21-8-12)24-17(11(3)23-16)9-22-18(24)14-7-13(25)4-5-15(14)20/h4-10,25H,1-3H3. The van der Waals surface area contributed by atoms with E-state index in [1.54, 1.807) is 24.4 Å². The van der Waals surface area contributed by atoms with E-state index in [9.17, 15) is 5.11 Å². The molecule has 0 unspecified atom stereocenters. The number of imidazole rings is 1. The van der Waals surface area contributed by atoms with Crippen molar-refractivity contribution in [3.05, 3.63) is 52.9 Å². The van der Waals surface area contributed by atoms with Gasteiger partial charge in [0.2, 0.25) is 0 Å². The van der Waals surface area contributed by atoms with Crippen molar-refractivity contribution in [1.82, 2.24) is 19.4 Å². The average molecular weight is 353 g/mol. The number of phenolic OH excluding ortho intramolecular Hbond substituents is 1. The van der Waals surface area contributed by atoms with Crippen LogP contribution in [0.15, 0.2) is 36.7 Å². The highest BCUT2D eigenvalue weighted by atomic mass is 35.5. The Bertz CT molecular complexity index is 1120. The first-order valence-corrected chi connectivity index (χ1v) is 8.46. The number of aromatic nitrogens is 4. The molecule has 0 radical (unpaired) electrons. The molecule has 0 aliphatic carbocycles. The molecule has 4 rings (SSSR count). The van der Waals surface area contributed by atoms with Crippen molar-refractivity contribution in [2.75, 3.05) is 0 Å². The number of aryl methyl sites for hydroxylation is 1. The van der Waals surface area contributed by atoms with Crippen LogP contribution in [-0.4, -0.2) is 24.5 Å². The lowest BCUT2D eigenvalue weighted by atomic mass is 10.1. The van der Waals surface area contributed by atoms with Crippen molar-refractivity contribution in [2.24, 2.45) is 0 Å². The van der Waals surface area contributed by atoms with E-state index in [1.807, 2.05) is 17.5 Å². The minimum Gasteiger partial charge on any atom is -0.508 e. The number of fused-ring (bicyclic) bond motifs is 3. The summed E-state index contributed by atoms with van der Waals surface area (Å²) < 4.78 is 1.95. The maximum atomic E-state index is 9.85. The lowest BCUT2D eigenvalue weighted by molar-refractivity contribution is 0.475. The van der Waals surface area contributed by atoms with Crippen LogP contribution in [0.5, 0.6) is 5.75 Å². The first-order chi connectivity index (χ1) is 12.0. The Labute approximate surface area is 150 Å². The van der Waals surface area contributed by atoms with Gasteiger partial charge in [-0.25, -0.2) is 15.0 Å². The molecule has 5 nitrogen and oxygen atoms in total. The molecule has 25 heavy (non-hydrogen) atoms. The van der Waals surface area contributed by atoms with Crippen molar-refractivity contribution in [3.63, 3.8) is 0 Å². The van der Waals surface area contributed by atoms with Gasteiger partial charge in [-0.15, -0.1) is 0 Å². The SMILES string of the molecule is Cc1nc2cc(C(C)C)cnc2n2c(-c3cc(O)ccc3Cl)ncc12. The summed E-state index contributed by atoms with van der Waals surface area (Å²) in [4.78, 5) is 13.8. The summed E-state index contributed by atoms with van der Waals surface area (Å²) in [5, 5.41) is 10.4. The van der Waals surface area contributed by atoms with E-state index < -0.39 is 0 Å². The van der Waals surface area contributed by atoms with E-state index in [1.165, 1.54) is 0 Å². The minimum atomic E-state index is 0.140. The summed E-state index contributed by atoms with van der Waals surface area (Å²) in [6.07, 6.45) is 3.63. The lowest BCUT2D eigenvalue weighted by Gasteiger charge is -2.11. The van der Waals surface area contributed by atoms with E-state index in [0.717, 1.165) is 27.9 Å². The Hall–Kier alpha value is -2.66. The monoisotopic (exact) mass is 352 g/mol. The van der Waals surface area contributed by atoms with E-state index in [4.69, 9.17) is 11.6 Å². The molecule has 1 N–H and O–H groups in total. The number of rotatable bonds is 2. The summed E-state index contributed by atoms with van der Waals surface area (Å²) >= 11 is 6.35. The fourth-order valence-corrected chi connectivity index (χ4v) is 3.17. The van der Waals surface area contributed by atoms with Crippen LogP contribution in [0.1, 0.15) is 31.0 Å². The van der Waals surface area contributed by atoms with Crippen LogP contribution in [0, 0.1) is 6.92 Å². The van der Waals surface area contributed by atoms with E-state index in [0.29, 0.717) is 22.3 Å². The molecule has 0 amide bonds. The van der Waals surface area contributed by atoms with Crippen LogP contribution in [0.4, 0.5) is 0 Å². The third-order valence-corrected chi connectivity index (χ3v) is 4.69. The van der Waals surface area contributed by atoms with Gasteiger partial charge < -0.3 is 5.11 Å². The quantitative estimate of drug-likeness (QED) is 0.566. The molecule has 3 heterocycles. The predicted octanol–water partition coefficient (Wildman–Crippen LogP) is 4.74. The molecule has 3 aromatic heterocycles. The van der Waals surface area contributed by atoms with Crippen molar-refractivity contribution >= 4 is 28.3 Å². The van der Waals surface area contributed by atoms with E-state index >= 15 is 0 Å². The average Bonchev–Trinajstić information content (AvgIpc) is 3.02. The lowest BCUT2D eigenvalue weighted by Crippen LogP contribution is -2.01. The third kappa shape index (κ3) is 2.51. The zero-order chi connectivity index (χ0) is 17.7. The highest BCUT2D eigenvalue weighted by Gasteiger charge is 2.17. The van der Waals surface area contributed by atoms with Crippen molar-refractivity contribution in [1.29, 1.82) is 0 Å². The van der Waals surface area contributed by atoms with Gasteiger partial charge >= 0.3 is 0 Å². The van der Waals surface area contributed by atoms with Crippen LogP contribution < -0.4 is 0 Å². The number of halogens is 1. The van der Waals surface area contributed by atoms with Gasteiger partial charge in [0.1, 0.15) is 17.1 Å². The summed E-state index contributed by atoms with van der Waals surface area (Å²) in [5.74, 6) is 1.15. The van der Waals surface area contributed by atoms with E-state index in [-0.39, 0.29) is 5.75 Å². The van der Waals surface area contributed by atoms with Gasteiger partial charge in [-0.3, -0.25) is 4.40 Å². The molecule has 0 bridgehead atoms. The zero-order valence-corrected chi connectivity index (χ0v) is 14.9. The molecule has 126 valence electrons. The fourth-order valence-electron chi connectivity index (χ4n) is 2.97. The normalized spacial score (nSPS) is 11.7. The maximum absolute atomic E-state index is 9.85. The second-order valence-electron chi connectivity index (χ2n) is 6.43. The molecule has 1 aromatic carbocycles. The van der Waals surface area contributed by atoms with E-state index in [2.05, 4.69) is 34.9 Å². The van der Waals surface area contributed by atoms with Gasteiger partial charge in [0, 0.05) is 11.8 Å². The van der Waals surface area contributed by atoms with Crippen molar-refractivity contribution in [2.45, 2.75) is 26.7 Å². The van der Waals surface area contributed by atoms with Gasteiger partial charge in [0.05, 0.1) is 22.4 Å². The first-order valence-electron chi connectivity index (χ1n) is 8.08. The second-order valence-corrected chi connectivity index (χ2v) is 6.84. The number of benzene rings is 1. The highest BCUT2D eigenvalue weighted by molar-refractivity contribution is 6.33. The third-order valence-electron chi connectivity index (χ3n) is 4.36. The largest absolute Gasteiger partial charge is 0.508 e. The summed E-state index contributed by atoms with van der Waals surface area (Å²) in [6, 6.07) is 6.89. The molecule has 0 aliphatic heterocycles. The zero-order valence-electron chi connectivity index (χ0n) is 14.2. The molecule has 0 spiro atoms. The molecule has 0 fully saturated rings. The molecular weight excluding hydrogens is 336 g/mol. The number of hydrogen-bond donors (Lipinski definition) is 1. The number of hydrogen-bond acceptors (Lipinski definition) is 4. The Balaban J connectivity index is 2.10. The Morgan fingerprint density at radius 3 is 2.68 bits per heavy atom. The summed E-state index contributed by atoms with van der Waals surface area (Å²) in [6.45, 7) is 6.21. The number of phenols is 1. The fraction of sp³-hybridized carbons (Fsp3) is 0.211. The van der Waals surface area contributed by atoms with Crippen LogP contribution in [0.2, 0.25) is 5.02 Å². The van der Waals surface area contributed by atoms with Gasteiger partial charge in [-0.05, 0) is 42.7 Å². The first kappa shape index (κ1) is 15.8. The number of aromatic hydroxyl groups is 1. The second kappa shape index (κ2) is 5.70. The molecule has 6 heteroatoms. The molecule has 0 aliphatic rings. The molecule has 0 saturated carbocycles. The van der Waals surface area contributed by atoms with Gasteiger partial charge in [-0.2, -0.15) is 0 Å². The number of nitrogens with zero attached hydrogens (tertiary/aromatic N) is 4. The topological polar surface area (TPSA) is 63.3 Å². The maximum Gasteiger partial charge on any atom is 0.165 e. The number of pyridine rings is 1. The van der Waals surface area contributed by atoms with Crippen molar-refractivity contribution < 1.29 is 5.11 Å². The minimum absolute atomic E-state index is 0.140. The highest BCUT2D eigenvalue weighted by Crippen LogP contribution is 2.32. The van der Waals surface area contributed by atoms with Gasteiger partial charge in [0.25, 0.3) is 0 Å². The molecular formula is C19H17ClN4O. The molecule has 4 aromatic rings. The molecule has 0 atom stereocenters. The van der Waals surface area contributed by atoms with Gasteiger partial charge in [0.15, 0.2) is 5.65 Å².